The minimum Gasteiger partial charge on any atom is -0.352 e. The van der Waals surface area contributed by atoms with Gasteiger partial charge in [-0.1, -0.05) is 31.0 Å². The number of benzene rings is 1. The van der Waals surface area contributed by atoms with Gasteiger partial charge in [-0.2, -0.15) is 5.10 Å². The molecule has 2 aliphatic rings. The third-order valence-electron chi connectivity index (χ3n) is 5.74. The second-order valence-corrected chi connectivity index (χ2v) is 7.62. The first-order valence-corrected chi connectivity index (χ1v) is 10.1. The predicted octanol–water partition coefficient (Wildman–Crippen LogP) is 3.17. The fourth-order valence-corrected chi connectivity index (χ4v) is 4.25. The van der Waals surface area contributed by atoms with Gasteiger partial charge in [0.1, 0.15) is 0 Å². The van der Waals surface area contributed by atoms with E-state index in [1.807, 2.05) is 36.1 Å². The number of nitrogens with one attached hydrogen (secondary N) is 2. The van der Waals surface area contributed by atoms with Crippen molar-refractivity contribution in [2.24, 2.45) is 4.99 Å². The summed E-state index contributed by atoms with van der Waals surface area (Å²) in [6.45, 7) is 3.06. The van der Waals surface area contributed by atoms with Crippen molar-refractivity contribution in [2.45, 2.75) is 50.7 Å². The lowest BCUT2D eigenvalue weighted by molar-refractivity contribution is 0.242. The molecule has 1 aliphatic heterocycles. The standard InChI is InChI=1S/C21H30N6.HI/c1-22-21(25-18-11-12-26(16-18)19-7-5-6-8-19)23-13-17-14-24-27(15-17)20-9-3-2-4-10-20;/h2-4,9-10,14-15,18-19H,5-8,11-13,16H2,1H3,(H2,22,23,25);1H. The Morgan fingerprint density at radius 2 is 1.96 bits per heavy atom. The van der Waals surface area contributed by atoms with Crippen LogP contribution in [0.25, 0.3) is 5.69 Å². The van der Waals surface area contributed by atoms with Gasteiger partial charge in [0.15, 0.2) is 5.96 Å². The molecule has 1 atom stereocenters. The third kappa shape index (κ3) is 5.26. The Kier molecular flexibility index (Phi) is 7.73. The number of aromatic nitrogens is 2. The van der Waals surface area contributed by atoms with Crippen LogP contribution in [-0.2, 0) is 6.54 Å². The van der Waals surface area contributed by atoms with Gasteiger partial charge in [-0.15, -0.1) is 24.0 Å². The molecule has 0 spiro atoms. The van der Waals surface area contributed by atoms with E-state index < -0.39 is 0 Å². The minimum absolute atomic E-state index is 0. The normalized spacial score (nSPS) is 20.9. The number of aliphatic imine (C=N–C) groups is 1. The van der Waals surface area contributed by atoms with Crippen LogP contribution in [0.15, 0.2) is 47.7 Å². The van der Waals surface area contributed by atoms with Crippen LogP contribution >= 0.6 is 24.0 Å². The number of hydrogen-bond donors (Lipinski definition) is 2. The van der Waals surface area contributed by atoms with Gasteiger partial charge in [0, 0.05) is 50.5 Å². The summed E-state index contributed by atoms with van der Waals surface area (Å²) in [6, 6.07) is 11.5. The summed E-state index contributed by atoms with van der Waals surface area (Å²) < 4.78 is 1.91. The molecule has 1 aromatic carbocycles. The molecular weight excluding hydrogens is 463 g/mol. The zero-order valence-corrected chi connectivity index (χ0v) is 18.9. The van der Waals surface area contributed by atoms with Gasteiger partial charge in [-0.05, 0) is 31.4 Å². The van der Waals surface area contributed by atoms with E-state index in [-0.39, 0.29) is 24.0 Å². The van der Waals surface area contributed by atoms with Crippen LogP contribution in [0.1, 0.15) is 37.7 Å². The van der Waals surface area contributed by atoms with Crippen LogP contribution < -0.4 is 10.6 Å². The number of rotatable bonds is 5. The van der Waals surface area contributed by atoms with Gasteiger partial charge in [0.25, 0.3) is 0 Å². The average Bonchev–Trinajstić information content (AvgIpc) is 3.47. The Morgan fingerprint density at radius 1 is 1.18 bits per heavy atom. The highest BCUT2D eigenvalue weighted by Crippen LogP contribution is 2.26. The first-order valence-electron chi connectivity index (χ1n) is 10.1. The van der Waals surface area contributed by atoms with E-state index in [0.29, 0.717) is 12.6 Å². The highest BCUT2D eigenvalue weighted by Gasteiger charge is 2.30. The zero-order valence-electron chi connectivity index (χ0n) is 16.6. The van der Waals surface area contributed by atoms with E-state index >= 15 is 0 Å². The maximum Gasteiger partial charge on any atom is 0.191 e. The highest BCUT2D eigenvalue weighted by molar-refractivity contribution is 14.0. The molecule has 28 heavy (non-hydrogen) atoms. The molecule has 6 nitrogen and oxygen atoms in total. The smallest absolute Gasteiger partial charge is 0.191 e. The molecule has 2 fully saturated rings. The summed E-state index contributed by atoms with van der Waals surface area (Å²) in [5.74, 6) is 0.876. The first kappa shape index (κ1) is 21.1. The predicted molar refractivity (Wildman–Crippen MR) is 125 cm³/mol. The first-order chi connectivity index (χ1) is 13.3. The van der Waals surface area contributed by atoms with Crippen molar-refractivity contribution in [1.29, 1.82) is 0 Å². The summed E-state index contributed by atoms with van der Waals surface area (Å²) in [6.07, 6.45) is 10.7. The van der Waals surface area contributed by atoms with Gasteiger partial charge < -0.3 is 10.6 Å². The average molecular weight is 494 g/mol. The van der Waals surface area contributed by atoms with Gasteiger partial charge >= 0.3 is 0 Å². The second kappa shape index (κ2) is 10.2. The summed E-state index contributed by atoms with van der Waals surface area (Å²) in [4.78, 5) is 7.07. The van der Waals surface area contributed by atoms with Gasteiger partial charge in [0.2, 0.25) is 0 Å². The van der Waals surface area contributed by atoms with Gasteiger partial charge in [-0.25, -0.2) is 4.68 Å². The monoisotopic (exact) mass is 494 g/mol. The van der Waals surface area contributed by atoms with Crippen LogP contribution in [0.5, 0.6) is 0 Å². The lowest BCUT2D eigenvalue weighted by atomic mass is 10.2. The Hall–Kier alpha value is -1.61. The molecule has 1 aromatic heterocycles. The molecule has 7 heteroatoms. The van der Waals surface area contributed by atoms with E-state index in [0.717, 1.165) is 29.8 Å². The molecule has 1 aliphatic carbocycles. The molecule has 1 saturated heterocycles. The van der Waals surface area contributed by atoms with Crippen LogP contribution in [0.4, 0.5) is 0 Å². The van der Waals surface area contributed by atoms with Crippen LogP contribution in [0.2, 0.25) is 0 Å². The fraction of sp³-hybridized carbons (Fsp3) is 0.524. The Bertz CT molecular complexity index is 753. The SMILES string of the molecule is CN=C(NCc1cnn(-c2ccccc2)c1)NC1CCN(C2CCCC2)C1.I. The summed E-state index contributed by atoms with van der Waals surface area (Å²) in [5, 5.41) is 11.5. The van der Waals surface area contributed by atoms with Crippen molar-refractivity contribution in [3.05, 3.63) is 48.3 Å². The molecular formula is C21H31IN6. The van der Waals surface area contributed by atoms with Crippen molar-refractivity contribution in [2.75, 3.05) is 20.1 Å². The Labute approximate surface area is 184 Å². The minimum atomic E-state index is 0. The van der Waals surface area contributed by atoms with Crippen LogP contribution in [0, 0.1) is 0 Å². The topological polar surface area (TPSA) is 57.5 Å². The van der Waals surface area contributed by atoms with Crippen molar-refractivity contribution in [3.8, 4) is 5.69 Å². The van der Waals surface area contributed by atoms with Gasteiger partial charge in [-0.3, -0.25) is 9.89 Å². The lowest BCUT2D eigenvalue weighted by Crippen LogP contribution is -2.45. The molecule has 0 bridgehead atoms. The van der Waals surface area contributed by atoms with E-state index in [9.17, 15) is 0 Å². The lowest BCUT2D eigenvalue weighted by Gasteiger charge is -2.24. The molecule has 1 unspecified atom stereocenters. The molecule has 4 rings (SSSR count). The van der Waals surface area contributed by atoms with E-state index in [2.05, 4.69) is 44.0 Å². The van der Waals surface area contributed by atoms with E-state index in [4.69, 9.17) is 0 Å². The largest absolute Gasteiger partial charge is 0.352 e. The molecule has 152 valence electrons. The molecule has 0 radical (unpaired) electrons. The maximum absolute atomic E-state index is 4.46. The van der Waals surface area contributed by atoms with Crippen molar-refractivity contribution < 1.29 is 0 Å². The quantitative estimate of drug-likeness (QED) is 0.381. The van der Waals surface area contributed by atoms with Crippen LogP contribution in [-0.4, -0.2) is 52.9 Å². The summed E-state index contributed by atoms with van der Waals surface area (Å²) >= 11 is 0. The van der Waals surface area contributed by atoms with Crippen LogP contribution in [0.3, 0.4) is 0 Å². The van der Waals surface area contributed by atoms with E-state index in [1.54, 1.807) is 0 Å². The fourth-order valence-electron chi connectivity index (χ4n) is 4.25. The highest BCUT2D eigenvalue weighted by atomic mass is 127. The second-order valence-electron chi connectivity index (χ2n) is 7.62. The van der Waals surface area contributed by atoms with Gasteiger partial charge in [0.05, 0.1) is 11.9 Å². The number of halogens is 1. The molecule has 2 N–H and O–H groups in total. The van der Waals surface area contributed by atoms with E-state index in [1.165, 1.54) is 38.6 Å². The molecule has 0 amide bonds. The van der Waals surface area contributed by atoms with Crippen molar-refractivity contribution in [3.63, 3.8) is 0 Å². The number of guanidine groups is 1. The summed E-state index contributed by atoms with van der Waals surface area (Å²) in [5.41, 5.74) is 2.21. The van der Waals surface area contributed by atoms with Crippen molar-refractivity contribution in [1.82, 2.24) is 25.3 Å². The molecule has 2 heterocycles. The number of nitrogens with zero attached hydrogens (tertiary/aromatic N) is 4. The molecule has 1 saturated carbocycles. The Balaban J connectivity index is 0.00000225. The maximum atomic E-state index is 4.46. The Morgan fingerprint density at radius 3 is 2.71 bits per heavy atom. The number of para-hydroxylation sites is 1. The summed E-state index contributed by atoms with van der Waals surface area (Å²) in [7, 11) is 1.84. The zero-order chi connectivity index (χ0) is 18.5. The number of hydrogen-bond acceptors (Lipinski definition) is 3. The third-order valence-corrected chi connectivity index (χ3v) is 5.74. The van der Waals surface area contributed by atoms with Crippen molar-refractivity contribution >= 4 is 29.9 Å². The number of likely N-dealkylation sites (tertiary alicyclic amines) is 1. The molecule has 2 aromatic rings.